The molecule has 168 valence electrons. The van der Waals surface area contributed by atoms with Gasteiger partial charge in [0.05, 0.1) is 17.2 Å². The largest absolute Gasteiger partial charge is 0.322 e. The number of amides is 3. The van der Waals surface area contributed by atoms with E-state index in [-0.39, 0.29) is 28.3 Å². The molecular weight excluding hydrogens is 450 g/mol. The average molecular weight is 474 g/mol. The van der Waals surface area contributed by atoms with Gasteiger partial charge in [-0.15, -0.1) is 0 Å². The molecule has 0 aliphatic carbocycles. The van der Waals surface area contributed by atoms with Gasteiger partial charge in [0.15, 0.2) is 0 Å². The van der Waals surface area contributed by atoms with Crippen LogP contribution in [0.4, 0.5) is 10.5 Å². The number of rotatable bonds is 6. The number of nitrogens with one attached hydrogen (secondary N) is 1. The van der Waals surface area contributed by atoms with Crippen molar-refractivity contribution in [3.8, 4) is 0 Å². The Kier molecular flexibility index (Phi) is 6.63. The Morgan fingerprint density at radius 3 is 2.47 bits per heavy atom. The minimum atomic E-state index is -3.60. The van der Waals surface area contributed by atoms with Crippen LogP contribution in [0.15, 0.2) is 53.4 Å². The lowest BCUT2D eigenvalue weighted by atomic mass is 10.1. The molecular formula is C22H23N3O5S2. The Labute approximate surface area is 191 Å². The predicted octanol–water partition coefficient (Wildman–Crippen LogP) is 3.31. The molecule has 0 saturated carbocycles. The van der Waals surface area contributed by atoms with E-state index in [0.717, 1.165) is 35.9 Å². The van der Waals surface area contributed by atoms with Crippen LogP contribution in [0.1, 0.15) is 35.2 Å². The van der Waals surface area contributed by atoms with E-state index in [0.29, 0.717) is 29.9 Å². The van der Waals surface area contributed by atoms with Gasteiger partial charge in [-0.1, -0.05) is 36.4 Å². The van der Waals surface area contributed by atoms with Crippen molar-refractivity contribution < 1.29 is 22.8 Å². The molecule has 3 amide bonds. The number of anilines is 1. The molecule has 8 nitrogen and oxygen atoms in total. The van der Waals surface area contributed by atoms with Crippen molar-refractivity contribution in [2.75, 3.05) is 24.2 Å². The van der Waals surface area contributed by atoms with Crippen molar-refractivity contribution in [3.05, 3.63) is 59.7 Å². The highest BCUT2D eigenvalue weighted by Crippen LogP contribution is 2.24. The van der Waals surface area contributed by atoms with Crippen LogP contribution < -0.4 is 5.32 Å². The maximum atomic E-state index is 12.9. The number of benzene rings is 2. The van der Waals surface area contributed by atoms with Crippen LogP contribution in [0.25, 0.3) is 0 Å². The number of hydrogen-bond donors (Lipinski definition) is 1. The summed E-state index contributed by atoms with van der Waals surface area (Å²) in [5.74, 6) is -0.523. The first-order valence-corrected chi connectivity index (χ1v) is 12.7. The summed E-state index contributed by atoms with van der Waals surface area (Å²) in [6.45, 7) is 1.12. The van der Waals surface area contributed by atoms with Crippen molar-refractivity contribution in [3.63, 3.8) is 0 Å². The smallest absolute Gasteiger partial charge is 0.289 e. The zero-order valence-electron chi connectivity index (χ0n) is 17.3. The summed E-state index contributed by atoms with van der Waals surface area (Å²) in [7, 11) is -3.60. The zero-order valence-corrected chi connectivity index (χ0v) is 19.0. The second-order valence-corrected chi connectivity index (χ2v) is 10.5. The molecule has 10 heteroatoms. The molecule has 0 spiro atoms. The van der Waals surface area contributed by atoms with Gasteiger partial charge < -0.3 is 5.32 Å². The van der Waals surface area contributed by atoms with Crippen LogP contribution >= 0.6 is 11.8 Å². The van der Waals surface area contributed by atoms with Gasteiger partial charge in [0.1, 0.15) is 0 Å². The molecule has 2 saturated heterocycles. The van der Waals surface area contributed by atoms with Gasteiger partial charge in [0.25, 0.3) is 11.1 Å². The number of thioether (sulfide) groups is 1. The molecule has 2 aliphatic rings. The first-order valence-electron chi connectivity index (χ1n) is 10.3. The number of carbonyl (C=O) groups excluding carboxylic acids is 3. The van der Waals surface area contributed by atoms with Gasteiger partial charge >= 0.3 is 0 Å². The van der Waals surface area contributed by atoms with Gasteiger partial charge in [-0.05, 0) is 48.7 Å². The number of carbonyl (C=O) groups is 3. The maximum absolute atomic E-state index is 12.9. The minimum Gasteiger partial charge on any atom is -0.322 e. The van der Waals surface area contributed by atoms with E-state index in [1.807, 2.05) is 0 Å². The highest BCUT2D eigenvalue weighted by atomic mass is 32.2. The fourth-order valence-electron chi connectivity index (χ4n) is 3.72. The standard InChI is InChI=1S/C22H23N3O5S2/c26-20-15-31-22(28)25(20)14-16-6-4-7-17(12-16)21(27)23-18-8-5-9-19(13-18)32(29,30)24-10-2-1-3-11-24/h4-9,12-13H,1-3,10-11,14-15H2,(H,23,27). The van der Waals surface area contributed by atoms with E-state index in [9.17, 15) is 22.8 Å². The summed E-state index contributed by atoms with van der Waals surface area (Å²) in [4.78, 5) is 37.7. The van der Waals surface area contributed by atoms with Crippen LogP contribution in [-0.4, -0.2) is 53.5 Å². The van der Waals surface area contributed by atoms with Crippen molar-refractivity contribution in [2.45, 2.75) is 30.7 Å². The fourth-order valence-corrected chi connectivity index (χ4v) is 6.01. The minimum absolute atomic E-state index is 0.106. The highest BCUT2D eigenvalue weighted by Gasteiger charge is 2.30. The molecule has 32 heavy (non-hydrogen) atoms. The molecule has 2 aromatic carbocycles. The lowest BCUT2D eigenvalue weighted by Gasteiger charge is -2.26. The van der Waals surface area contributed by atoms with E-state index in [4.69, 9.17) is 0 Å². The second kappa shape index (κ2) is 9.43. The van der Waals surface area contributed by atoms with Gasteiger partial charge in [-0.3, -0.25) is 19.3 Å². The lowest BCUT2D eigenvalue weighted by molar-refractivity contribution is -0.125. The number of imide groups is 1. The second-order valence-electron chi connectivity index (χ2n) is 7.68. The number of sulfonamides is 1. The van der Waals surface area contributed by atoms with Gasteiger partial charge in [-0.25, -0.2) is 8.42 Å². The van der Waals surface area contributed by atoms with Crippen LogP contribution in [0, 0.1) is 0 Å². The van der Waals surface area contributed by atoms with E-state index >= 15 is 0 Å². The first kappa shape index (κ1) is 22.5. The van der Waals surface area contributed by atoms with Crippen LogP contribution in [0.5, 0.6) is 0 Å². The summed E-state index contributed by atoms with van der Waals surface area (Å²) in [5, 5.41) is 2.44. The number of nitrogens with zero attached hydrogens (tertiary/aromatic N) is 2. The Balaban J connectivity index is 1.48. The van der Waals surface area contributed by atoms with E-state index in [2.05, 4.69) is 5.32 Å². The number of piperidine rings is 1. The third kappa shape index (κ3) is 4.87. The lowest BCUT2D eigenvalue weighted by Crippen LogP contribution is -2.35. The summed E-state index contributed by atoms with van der Waals surface area (Å²) in [5.41, 5.74) is 1.38. The molecule has 1 N–H and O–H groups in total. The third-order valence-electron chi connectivity index (χ3n) is 5.42. The molecule has 0 unspecified atom stereocenters. The summed E-state index contributed by atoms with van der Waals surface area (Å²) in [6, 6.07) is 12.9. The summed E-state index contributed by atoms with van der Waals surface area (Å²) >= 11 is 0.964. The molecule has 4 rings (SSSR count). The molecule has 2 heterocycles. The average Bonchev–Trinajstić information content (AvgIpc) is 3.12. The Hall–Kier alpha value is -2.69. The van der Waals surface area contributed by atoms with Crippen molar-refractivity contribution in [2.24, 2.45) is 0 Å². The van der Waals surface area contributed by atoms with Crippen LogP contribution in [0.2, 0.25) is 0 Å². The quantitative estimate of drug-likeness (QED) is 0.690. The number of hydrogen-bond acceptors (Lipinski definition) is 6. The van der Waals surface area contributed by atoms with Gasteiger partial charge in [0, 0.05) is 24.3 Å². The predicted molar refractivity (Wildman–Crippen MR) is 122 cm³/mol. The topological polar surface area (TPSA) is 104 Å². The normalized spacial score (nSPS) is 17.6. The van der Waals surface area contributed by atoms with Crippen molar-refractivity contribution in [1.29, 1.82) is 0 Å². The molecule has 2 aliphatic heterocycles. The van der Waals surface area contributed by atoms with Gasteiger partial charge in [-0.2, -0.15) is 4.31 Å². The van der Waals surface area contributed by atoms with Crippen LogP contribution in [0.3, 0.4) is 0 Å². The van der Waals surface area contributed by atoms with E-state index < -0.39 is 15.9 Å². The van der Waals surface area contributed by atoms with E-state index in [1.165, 1.54) is 16.4 Å². The molecule has 2 fully saturated rings. The highest BCUT2D eigenvalue weighted by molar-refractivity contribution is 8.14. The first-order chi connectivity index (χ1) is 15.3. The monoisotopic (exact) mass is 473 g/mol. The van der Waals surface area contributed by atoms with Gasteiger partial charge in [0.2, 0.25) is 15.9 Å². The Morgan fingerprint density at radius 2 is 1.75 bits per heavy atom. The van der Waals surface area contributed by atoms with Crippen molar-refractivity contribution >= 4 is 44.5 Å². The fraction of sp³-hybridized carbons (Fsp3) is 0.318. The summed E-state index contributed by atoms with van der Waals surface area (Å²) < 4.78 is 27.3. The SMILES string of the molecule is O=C(Nc1cccc(S(=O)(=O)N2CCCCC2)c1)c1cccc(CN2C(=O)CSC2=O)c1. The van der Waals surface area contributed by atoms with Crippen LogP contribution in [-0.2, 0) is 21.4 Å². The zero-order chi connectivity index (χ0) is 22.7. The summed E-state index contributed by atoms with van der Waals surface area (Å²) in [6.07, 6.45) is 2.72. The molecule has 2 aromatic rings. The van der Waals surface area contributed by atoms with Crippen molar-refractivity contribution in [1.82, 2.24) is 9.21 Å². The maximum Gasteiger partial charge on any atom is 0.289 e. The Bertz CT molecular complexity index is 1140. The molecule has 0 radical (unpaired) electrons. The van der Waals surface area contributed by atoms with E-state index in [1.54, 1.807) is 36.4 Å². The molecule has 0 atom stereocenters. The Morgan fingerprint density at radius 1 is 1.00 bits per heavy atom. The molecule has 0 aromatic heterocycles. The third-order valence-corrected chi connectivity index (χ3v) is 8.17. The molecule has 0 bridgehead atoms.